The molecule has 6 nitrogen and oxygen atoms in total. The number of H-pyrrole nitrogens is 1. The SMILES string of the molecule is CC(C#N)CN(C)C(=O)c1ncn[nH]1. The first kappa shape index (κ1) is 10.2. The summed E-state index contributed by atoms with van der Waals surface area (Å²) < 4.78 is 0. The molecule has 0 saturated carbocycles. The summed E-state index contributed by atoms with van der Waals surface area (Å²) in [6.07, 6.45) is 1.27. The van der Waals surface area contributed by atoms with Crippen LogP contribution >= 0.6 is 0 Å². The van der Waals surface area contributed by atoms with Crippen LogP contribution in [0.25, 0.3) is 0 Å². The molecule has 0 aliphatic heterocycles. The average Bonchev–Trinajstić information content (AvgIpc) is 2.69. The second-order valence-electron chi connectivity index (χ2n) is 3.05. The van der Waals surface area contributed by atoms with Crippen molar-refractivity contribution in [1.29, 1.82) is 5.26 Å². The average molecular weight is 193 g/mol. The Hall–Kier alpha value is -1.90. The monoisotopic (exact) mass is 193 g/mol. The van der Waals surface area contributed by atoms with Crippen molar-refractivity contribution >= 4 is 5.91 Å². The molecule has 0 spiro atoms. The maximum absolute atomic E-state index is 11.5. The van der Waals surface area contributed by atoms with Gasteiger partial charge in [0.2, 0.25) is 5.82 Å². The molecule has 14 heavy (non-hydrogen) atoms. The Morgan fingerprint density at radius 2 is 2.57 bits per heavy atom. The van der Waals surface area contributed by atoms with E-state index in [9.17, 15) is 4.79 Å². The quantitative estimate of drug-likeness (QED) is 0.734. The van der Waals surface area contributed by atoms with Gasteiger partial charge in [-0.3, -0.25) is 9.89 Å². The van der Waals surface area contributed by atoms with Crippen LogP contribution in [0.1, 0.15) is 17.5 Å². The normalized spacial score (nSPS) is 11.8. The highest BCUT2D eigenvalue weighted by atomic mass is 16.2. The number of amides is 1. The molecule has 0 bridgehead atoms. The van der Waals surface area contributed by atoms with Gasteiger partial charge < -0.3 is 4.90 Å². The van der Waals surface area contributed by atoms with Gasteiger partial charge in [0, 0.05) is 13.6 Å². The highest BCUT2D eigenvalue weighted by Crippen LogP contribution is 2.00. The summed E-state index contributed by atoms with van der Waals surface area (Å²) in [6, 6.07) is 2.06. The zero-order chi connectivity index (χ0) is 10.6. The largest absolute Gasteiger partial charge is 0.338 e. The van der Waals surface area contributed by atoms with Crippen LogP contribution in [0.4, 0.5) is 0 Å². The van der Waals surface area contributed by atoms with E-state index < -0.39 is 0 Å². The summed E-state index contributed by atoms with van der Waals surface area (Å²) in [7, 11) is 1.62. The number of aromatic amines is 1. The van der Waals surface area contributed by atoms with E-state index in [4.69, 9.17) is 5.26 Å². The van der Waals surface area contributed by atoms with Gasteiger partial charge >= 0.3 is 0 Å². The third-order valence-corrected chi connectivity index (χ3v) is 1.73. The van der Waals surface area contributed by atoms with Gasteiger partial charge in [-0.2, -0.15) is 10.4 Å². The van der Waals surface area contributed by atoms with E-state index in [1.165, 1.54) is 11.2 Å². The molecule has 74 valence electrons. The summed E-state index contributed by atoms with van der Waals surface area (Å²) in [5.41, 5.74) is 0. The van der Waals surface area contributed by atoms with Crippen molar-refractivity contribution in [2.45, 2.75) is 6.92 Å². The third-order valence-electron chi connectivity index (χ3n) is 1.73. The van der Waals surface area contributed by atoms with Gasteiger partial charge in [0.15, 0.2) is 0 Å². The van der Waals surface area contributed by atoms with Crippen LogP contribution in [0.3, 0.4) is 0 Å². The Morgan fingerprint density at radius 3 is 3.07 bits per heavy atom. The molecule has 0 radical (unpaired) electrons. The molecule has 0 saturated heterocycles. The fraction of sp³-hybridized carbons (Fsp3) is 0.500. The predicted octanol–water partition coefficient (Wildman–Crippen LogP) is 0.0364. The number of aromatic nitrogens is 3. The summed E-state index contributed by atoms with van der Waals surface area (Å²) >= 11 is 0. The number of nitrogens with zero attached hydrogens (tertiary/aromatic N) is 4. The van der Waals surface area contributed by atoms with Gasteiger partial charge in [0.25, 0.3) is 5.91 Å². The van der Waals surface area contributed by atoms with Crippen molar-refractivity contribution in [2.75, 3.05) is 13.6 Å². The standard InChI is InChI=1S/C8H11N5O/c1-6(3-9)4-13(2)8(14)7-10-5-11-12-7/h5-6H,4H2,1-2H3,(H,10,11,12). The Kier molecular flexibility index (Phi) is 3.18. The van der Waals surface area contributed by atoms with E-state index in [2.05, 4.69) is 21.3 Å². The molecule has 6 heteroatoms. The number of hydrogen-bond acceptors (Lipinski definition) is 4. The molecule has 0 aromatic carbocycles. The highest BCUT2D eigenvalue weighted by Gasteiger charge is 2.16. The van der Waals surface area contributed by atoms with Gasteiger partial charge in [-0.05, 0) is 6.92 Å². The van der Waals surface area contributed by atoms with Crippen molar-refractivity contribution in [3.63, 3.8) is 0 Å². The lowest BCUT2D eigenvalue weighted by Crippen LogP contribution is -2.31. The fourth-order valence-electron chi connectivity index (χ4n) is 1.02. The van der Waals surface area contributed by atoms with Crippen LogP contribution < -0.4 is 0 Å². The molecule has 1 rings (SSSR count). The van der Waals surface area contributed by atoms with E-state index in [1.807, 2.05) is 0 Å². The summed E-state index contributed by atoms with van der Waals surface area (Å²) in [5, 5.41) is 14.6. The first-order chi connectivity index (χ1) is 6.65. The molecule has 1 heterocycles. The lowest BCUT2D eigenvalue weighted by molar-refractivity contribution is 0.0773. The van der Waals surface area contributed by atoms with Crippen molar-refractivity contribution in [3.8, 4) is 6.07 Å². The number of hydrogen-bond donors (Lipinski definition) is 1. The van der Waals surface area contributed by atoms with Gasteiger partial charge in [0.05, 0.1) is 12.0 Å². The highest BCUT2D eigenvalue weighted by molar-refractivity contribution is 5.90. The maximum Gasteiger partial charge on any atom is 0.290 e. The van der Waals surface area contributed by atoms with Crippen LogP contribution in [0.2, 0.25) is 0 Å². The first-order valence-corrected chi connectivity index (χ1v) is 4.15. The minimum atomic E-state index is -0.260. The third kappa shape index (κ3) is 2.29. The molecule has 0 aliphatic rings. The molecule has 1 atom stereocenters. The van der Waals surface area contributed by atoms with E-state index in [1.54, 1.807) is 14.0 Å². The second-order valence-corrected chi connectivity index (χ2v) is 3.05. The Morgan fingerprint density at radius 1 is 1.86 bits per heavy atom. The molecule has 1 unspecified atom stereocenters. The van der Waals surface area contributed by atoms with Crippen molar-refractivity contribution in [2.24, 2.45) is 5.92 Å². The van der Waals surface area contributed by atoms with Gasteiger partial charge in [-0.25, -0.2) is 4.98 Å². The number of nitriles is 1. The molecule has 1 aromatic rings. The molecular formula is C8H11N5O. The van der Waals surface area contributed by atoms with E-state index >= 15 is 0 Å². The lowest BCUT2D eigenvalue weighted by Gasteiger charge is -2.16. The van der Waals surface area contributed by atoms with Crippen molar-refractivity contribution in [1.82, 2.24) is 20.1 Å². The Balaban J connectivity index is 2.59. The van der Waals surface area contributed by atoms with Gasteiger partial charge in [0.1, 0.15) is 6.33 Å². The topological polar surface area (TPSA) is 85.7 Å². The molecular weight excluding hydrogens is 182 g/mol. The lowest BCUT2D eigenvalue weighted by atomic mass is 10.2. The van der Waals surface area contributed by atoms with Crippen LogP contribution in [0.15, 0.2) is 6.33 Å². The van der Waals surface area contributed by atoms with Crippen LogP contribution in [0.5, 0.6) is 0 Å². The second kappa shape index (κ2) is 4.37. The zero-order valence-corrected chi connectivity index (χ0v) is 8.06. The predicted molar refractivity (Wildman–Crippen MR) is 48.1 cm³/mol. The van der Waals surface area contributed by atoms with Gasteiger partial charge in [-0.15, -0.1) is 0 Å². The Bertz CT molecular complexity index is 339. The number of carbonyl (C=O) groups is 1. The van der Waals surface area contributed by atoms with E-state index in [-0.39, 0.29) is 17.6 Å². The molecule has 0 fully saturated rings. The molecule has 1 amide bonds. The summed E-state index contributed by atoms with van der Waals surface area (Å²) in [6.45, 7) is 2.14. The maximum atomic E-state index is 11.5. The number of rotatable bonds is 3. The van der Waals surface area contributed by atoms with Crippen LogP contribution in [-0.2, 0) is 0 Å². The molecule has 0 aliphatic carbocycles. The first-order valence-electron chi connectivity index (χ1n) is 4.15. The summed E-state index contributed by atoms with van der Waals surface area (Å²) in [5.74, 6) is -0.255. The number of nitrogens with one attached hydrogen (secondary N) is 1. The fourth-order valence-corrected chi connectivity index (χ4v) is 1.02. The minimum absolute atomic E-state index is 0.188. The van der Waals surface area contributed by atoms with Crippen LogP contribution in [0, 0.1) is 17.2 Å². The minimum Gasteiger partial charge on any atom is -0.338 e. The van der Waals surface area contributed by atoms with Gasteiger partial charge in [-0.1, -0.05) is 0 Å². The molecule has 1 aromatic heterocycles. The van der Waals surface area contributed by atoms with E-state index in [0.717, 1.165) is 0 Å². The Labute approximate surface area is 81.6 Å². The number of carbonyl (C=O) groups excluding carboxylic acids is 1. The smallest absolute Gasteiger partial charge is 0.290 e. The molecule has 1 N–H and O–H groups in total. The zero-order valence-electron chi connectivity index (χ0n) is 8.06. The van der Waals surface area contributed by atoms with Crippen LogP contribution in [-0.4, -0.2) is 39.6 Å². The van der Waals surface area contributed by atoms with Crippen molar-refractivity contribution < 1.29 is 4.79 Å². The summed E-state index contributed by atoms with van der Waals surface area (Å²) in [4.78, 5) is 16.7. The van der Waals surface area contributed by atoms with Crippen molar-refractivity contribution in [3.05, 3.63) is 12.2 Å². The van der Waals surface area contributed by atoms with E-state index in [0.29, 0.717) is 6.54 Å².